The van der Waals surface area contributed by atoms with Crippen LogP contribution in [0.5, 0.6) is 0 Å². The molecule has 3 rings (SSSR count). The van der Waals surface area contributed by atoms with E-state index < -0.39 is 17.8 Å². The van der Waals surface area contributed by atoms with E-state index in [0.717, 1.165) is 30.7 Å². The molecule has 7 heteroatoms. The Morgan fingerprint density at radius 2 is 1.81 bits per heavy atom. The highest BCUT2D eigenvalue weighted by molar-refractivity contribution is 5.93. The van der Waals surface area contributed by atoms with E-state index in [2.05, 4.69) is 5.32 Å². The van der Waals surface area contributed by atoms with Crippen LogP contribution in [0.15, 0.2) is 48.5 Å². The van der Waals surface area contributed by atoms with Crippen LogP contribution >= 0.6 is 0 Å². The lowest BCUT2D eigenvalue weighted by Crippen LogP contribution is -2.44. The predicted molar refractivity (Wildman–Crippen MR) is 98.6 cm³/mol. The number of halogens is 3. The first-order valence-corrected chi connectivity index (χ1v) is 8.76. The molecule has 144 valence electrons. The van der Waals surface area contributed by atoms with E-state index in [-0.39, 0.29) is 6.03 Å². The fourth-order valence-corrected chi connectivity index (χ4v) is 3.33. The number of hydrogen-bond donors (Lipinski definition) is 1. The minimum atomic E-state index is -4.44. The molecule has 4 nitrogen and oxygen atoms in total. The zero-order valence-corrected chi connectivity index (χ0v) is 15.3. The Labute approximate surface area is 156 Å². The second-order valence-electron chi connectivity index (χ2n) is 6.89. The molecule has 1 heterocycles. The Morgan fingerprint density at radius 3 is 2.44 bits per heavy atom. The molecule has 2 aromatic carbocycles. The van der Waals surface area contributed by atoms with Crippen LogP contribution in [-0.2, 0) is 6.18 Å². The zero-order chi connectivity index (χ0) is 19.6. The molecule has 1 atom stereocenters. The van der Waals surface area contributed by atoms with Crippen molar-refractivity contribution in [3.8, 4) is 0 Å². The number of benzene rings is 2. The third kappa shape index (κ3) is 4.24. The number of nitrogens with zero attached hydrogens (tertiary/aromatic N) is 2. The first-order valence-electron chi connectivity index (χ1n) is 8.76. The first kappa shape index (κ1) is 19.2. The van der Waals surface area contributed by atoms with Crippen molar-refractivity contribution in [2.24, 2.45) is 0 Å². The molecule has 1 aliphatic rings. The quantitative estimate of drug-likeness (QED) is 0.827. The van der Waals surface area contributed by atoms with Gasteiger partial charge in [0.1, 0.15) is 0 Å². The average Bonchev–Trinajstić information content (AvgIpc) is 2.61. The van der Waals surface area contributed by atoms with Gasteiger partial charge in [-0.1, -0.05) is 30.3 Å². The van der Waals surface area contributed by atoms with E-state index in [1.165, 1.54) is 6.07 Å². The predicted octanol–water partition coefficient (Wildman–Crippen LogP) is 4.59. The molecule has 2 aromatic rings. The summed E-state index contributed by atoms with van der Waals surface area (Å²) < 4.78 is 39.7. The van der Waals surface area contributed by atoms with Crippen molar-refractivity contribution in [2.75, 3.05) is 32.5 Å². The Balaban J connectivity index is 2.04. The summed E-state index contributed by atoms with van der Waals surface area (Å²) in [5, 5.41) is 2.73. The maximum Gasteiger partial charge on any atom is 0.416 e. The topological polar surface area (TPSA) is 35.6 Å². The number of fused-ring (bicyclic) bond motifs is 1. The number of nitrogens with one attached hydrogen (secondary N) is 1. The molecule has 0 bridgehead atoms. The van der Waals surface area contributed by atoms with Gasteiger partial charge in [-0.2, -0.15) is 13.2 Å². The van der Waals surface area contributed by atoms with Gasteiger partial charge in [-0.25, -0.2) is 4.79 Å². The van der Waals surface area contributed by atoms with Crippen LogP contribution in [0.1, 0.15) is 29.2 Å². The van der Waals surface area contributed by atoms with Crippen molar-refractivity contribution >= 4 is 11.7 Å². The van der Waals surface area contributed by atoms with E-state index in [4.69, 9.17) is 0 Å². The number of carbonyl (C=O) groups excluding carboxylic acids is 1. The minimum absolute atomic E-state index is 0.296. The third-order valence-electron chi connectivity index (χ3n) is 4.61. The number of urea groups is 1. The van der Waals surface area contributed by atoms with Gasteiger partial charge in [0.2, 0.25) is 0 Å². The molecule has 1 N–H and O–H groups in total. The molecule has 0 aliphatic carbocycles. The molecular weight excluding hydrogens is 355 g/mol. The number of amides is 2. The van der Waals surface area contributed by atoms with Crippen molar-refractivity contribution in [3.63, 3.8) is 0 Å². The van der Waals surface area contributed by atoms with E-state index in [1.54, 1.807) is 4.90 Å². The Hall–Kier alpha value is -2.54. The molecule has 0 aromatic heterocycles. The fourth-order valence-electron chi connectivity index (χ4n) is 3.33. The van der Waals surface area contributed by atoms with Crippen LogP contribution in [0.3, 0.4) is 0 Å². The third-order valence-corrected chi connectivity index (χ3v) is 4.61. The normalized spacial score (nSPS) is 17.0. The molecular formula is C20H22F3N3O. The highest BCUT2D eigenvalue weighted by atomic mass is 19.4. The van der Waals surface area contributed by atoms with Crippen LogP contribution in [0.2, 0.25) is 0 Å². The number of hydrogen-bond acceptors (Lipinski definition) is 2. The first-order chi connectivity index (χ1) is 12.8. The van der Waals surface area contributed by atoms with Crippen molar-refractivity contribution in [2.45, 2.75) is 18.6 Å². The second kappa shape index (κ2) is 7.60. The standard InChI is InChI=1S/C20H22F3N3O/c1-25(2)11-6-12-26-18(14-7-4-3-5-8-14)16-13-15(20(21,22)23)9-10-17(16)24-19(26)27/h3-5,7-10,13,18H,6,11-12H2,1-2H3,(H,24,27). The van der Waals surface area contributed by atoms with E-state index in [0.29, 0.717) is 17.8 Å². The summed E-state index contributed by atoms with van der Waals surface area (Å²) in [4.78, 5) is 16.3. The molecule has 0 spiro atoms. The molecule has 0 saturated heterocycles. The monoisotopic (exact) mass is 377 g/mol. The van der Waals surface area contributed by atoms with Gasteiger partial charge in [-0.05, 0) is 50.8 Å². The average molecular weight is 377 g/mol. The highest BCUT2D eigenvalue weighted by Gasteiger charge is 2.37. The molecule has 0 fully saturated rings. The lowest BCUT2D eigenvalue weighted by atomic mass is 9.92. The van der Waals surface area contributed by atoms with Crippen molar-refractivity contribution in [3.05, 3.63) is 65.2 Å². The van der Waals surface area contributed by atoms with Crippen LogP contribution in [-0.4, -0.2) is 43.0 Å². The summed E-state index contributed by atoms with van der Waals surface area (Å²) in [6.07, 6.45) is -3.72. The summed E-state index contributed by atoms with van der Waals surface area (Å²) in [6, 6.07) is 11.8. The number of rotatable bonds is 5. The zero-order valence-electron chi connectivity index (χ0n) is 15.3. The smallest absolute Gasteiger partial charge is 0.313 e. The maximum atomic E-state index is 13.2. The van der Waals surface area contributed by atoms with Crippen LogP contribution in [0.25, 0.3) is 0 Å². The SMILES string of the molecule is CN(C)CCCN1C(=O)Nc2ccc(C(F)(F)F)cc2C1c1ccccc1. The summed E-state index contributed by atoms with van der Waals surface area (Å²) in [5.41, 5.74) is 0.954. The van der Waals surface area contributed by atoms with Gasteiger partial charge in [-0.15, -0.1) is 0 Å². The lowest BCUT2D eigenvalue weighted by Gasteiger charge is -2.38. The number of carbonyl (C=O) groups is 1. The largest absolute Gasteiger partial charge is 0.416 e. The number of anilines is 1. The molecule has 0 saturated carbocycles. The summed E-state index contributed by atoms with van der Waals surface area (Å²) in [6.45, 7) is 1.22. The van der Waals surface area contributed by atoms with Gasteiger partial charge in [0.15, 0.2) is 0 Å². The van der Waals surface area contributed by atoms with Gasteiger partial charge >= 0.3 is 12.2 Å². The fraction of sp³-hybridized carbons (Fsp3) is 0.350. The van der Waals surface area contributed by atoms with E-state index in [9.17, 15) is 18.0 Å². The van der Waals surface area contributed by atoms with Gasteiger partial charge < -0.3 is 15.1 Å². The van der Waals surface area contributed by atoms with Crippen molar-refractivity contribution in [1.29, 1.82) is 0 Å². The van der Waals surface area contributed by atoms with E-state index in [1.807, 2.05) is 49.3 Å². The van der Waals surface area contributed by atoms with Gasteiger partial charge in [0.25, 0.3) is 0 Å². The molecule has 2 amide bonds. The Bertz CT molecular complexity index is 806. The molecule has 1 unspecified atom stereocenters. The molecule has 0 radical (unpaired) electrons. The minimum Gasteiger partial charge on any atom is -0.313 e. The summed E-state index contributed by atoms with van der Waals surface area (Å²) in [7, 11) is 3.88. The molecule has 27 heavy (non-hydrogen) atoms. The van der Waals surface area contributed by atoms with Crippen LogP contribution < -0.4 is 5.32 Å². The highest BCUT2D eigenvalue weighted by Crippen LogP contribution is 2.41. The van der Waals surface area contributed by atoms with E-state index >= 15 is 0 Å². The summed E-state index contributed by atoms with van der Waals surface area (Å²) >= 11 is 0. The number of alkyl halides is 3. The van der Waals surface area contributed by atoms with Gasteiger partial charge in [0.05, 0.1) is 11.6 Å². The molecule has 1 aliphatic heterocycles. The van der Waals surface area contributed by atoms with Crippen molar-refractivity contribution in [1.82, 2.24) is 9.80 Å². The van der Waals surface area contributed by atoms with Crippen LogP contribution in [0.4, 0.5) is 23.7 Å². The summed E-state index contributed by atoms with van der Waals surface area (Å²) in [5.74, 6) is 0. The Kier molecular flexibility index (Phi) is 5.41. The van der Waals surface area contributed by atoms with Crippen LogP contribution in [0, 0.1) is 0 Å². The second-order valence-corrected chi connectivity index (χ2v) is 6.89. The Morgan fingerprint density at radius 1 is 1.11 bits per heavy atom. The van der Waals surface area contributed by atoms with Gasteiger partial charge in [-0.3, -0.25) is 0 Å². The maximum absolute atomic E-state index is 13.2. The van der Waals surface area contributed by atoms with Gasteiger partial charge in [0, 0.05) is 17.8 Å². The van der Waals surface area contributed by atoms with Crippen molar-refractivity contribution < 1.29 is 18.0 Å². The lowest BCUT2D eigenvalue weighted by molar-refractivity contribution is -0.137.